The summed E-state index contributed by atoms with van der Waals surface area (Å²) in [6, 6.07) is 8.18. The SMILES string of the molecule is CN(C)c1ccc(C(CNC(=O)C(=O)NCCN2CCOCC2)N(C)C)cc1. The van der Waals surface area contributed by atoms with Crippen LogP contribution in [0.4, 0.5) is 5.69 Å². The highest BCUT2D eigenvalue weighted by Gasteiger charge is 2.19. The number of ether oxygens (including phenoxy) is 1. The Morgan fingerprint density at radius 1 is 1.04 bits per heavy atom. The fourth-order valence-electron chi connectivity index (χ4n) is 3.10. The maximum atomic E-state index is 12.1. The van der Waals surface area contributed by atoms with Gasteiger partial charge in [-0.05, 0) is 31.8 Å². The van der Waals surface area contributed by atoms with Crippen molar-refractivity contribution in [1.29, 1.82) is 0 Å². The predicted molar refractivity (Wildman–Crippen MR) is 110 cm³/mol. The molecule has 1 heterocycles. The van der Waals surface area contributed by atoms with Crippen molar-refractivity contribution in [2.45, 2.75) is 6.04 Å². The molecule has 0 saturated carbocycles. The molecule has 8 nitrogen and oxygen atoms in total. The lowest BCUT2D eigenvalue weighted by molar-refractivity contribution is -0.139. The molecule has 0 radical (unpaired) electrons. The third-order valence-electron chi connectivity index (χ3n) is 4.90. The maximum absolute atomic E-state index is 12.1. The summed E-state index contributed by atoms with van der Waals surface area (Å²) in [6.45, 7) is 4.70. The van der Waals surface area contributed by atoms with E-state index in [9.17, 15) is 9.59 Å². The Morgan fingerprint density at radius 2 is 1.64 bits per heavy atom. The highest BCUT2D eigenvalue weighted by molar-refractivity contribution is 6.35. The van der Waals surface area contributed by atoms with Gasteiger partial charge in [0.2, 0.25) is 0 Å². The Balaban J connectivity index is 1.79. The standard InChI is InChI=1S/C20H33N5O3/c1-23(2)17-7-5-16(6-8-17)18(24(3)4)15-22-20(27)19(26)21-9-10-25-11-13-28-14-12-25/h5-8,18H,9-15H2,1-4H3,(H,21,26)(H,22,27). The molecule has 8 heteroatoms. The zero-order valence-electron chi connectivity index (χ0n) is 17.4. The molecule has 2 rings (SSSR count). The maximum Gasteiger partial charge on any atom is 0.309 e. The molecule has 156 valence electrons. The summed E-state index contributed by atoms with van der Waals surface area (Å²) in [5, 5.41) is 5.44. The second-order valence-corrected chi connectivity index (χ2v) is 7.39. The molecule has 0 aromatic heterocycles. The highest BCUT2D eigenvalue weighted by atomic mass is 16.5. The van der Waals surface area contributed by atoms with Gasteiger partial charge in [0.1, 0.15) is 0 Å². The lowest BCUT2D eigenvalue weighted by atomic mass is 10.1. The van der Waals surface area contributed by atoms with E-state index in [1.165, 1.54) is 0 Å². The predicted octanol–water partition coefficient (Wildman–Crippen LogP) is -0.0801. The number of nitrogens with one attached hydrogen (secondary N) is 2. The average Bonchev–Trinajstić information content (AvgIpc) is 2.68. The molecule has 28 heavy (non-hydrogen) atoms. The molecule has 1 aromatic carbocycles. The zero-order valence-corrected chi connectivity index (χ0v) is 17.4. The van der Waals surface area contributed by atoms with Gasteiger partial charge in [-0.2, -0.15) is 0 Å². The van der Waals surface area contributed by atoms with E-state index in [0.717, 1.165) is 44.1 Å². The topological polar surface area (TPSA) is 77.2 Å². The van der Waals surface area contributed by atoms with Crippen molar-refractivity contribution in [2.24, 2.45) is 0 Å². The van der Waals surface area contributed by atoms with E-state index in [4.69, 9.17) is 4.74 Å². The van der Waals surface area contributed by atoms with Crippen molar-refractivity contribution in [1.82, 2.24) is 20.4 Å². The van der Waals surface area contributed by atoms with E-state index in [2.05, 4.69) is 27.7 Å². The average molecular weight is 392 g/mol. The molecule has 1 fully saturated rings. The van der Waals surface area contributed by atoms with E-state index in [1.807, 2.05) is 50.1 Å². The Morgan fingerprint density at radius 3 is 2.21 bits per heavy atom. The van der Waals surface area contributed by atoms with Crippen LogP contribution in [0.15, 0.2) is 24.3 Å². The van der Waals surface area contributed by atoms with E-state index in [-0.39, 0.29) is 6.04 Å². The minimum Gasteiger partial charge on any atom is -0.379 e. The van der Waals surface area contributed by atoms with Crippen LogP contribution in [0.25, 0.3) is 0 Å². The first-order valence-electron chi connectivity index (χ1n) is 9.68. The molecule has 2 N–H and O–H groups in total. The summed E-state index contributed by atoms with van der Waals surface area (Å²) in [6.07, 6.45) is 0. The Labute approximate surface area is 167 Å². The van der Waals surface area contributed by atoms with E-state index >= 15 is 0 Å². The number of carbonyl (C=O) groups is 2. The first kappa shape index (κ1) is 22.1. The van der Waals surface area contributed by atoms with Gasteiger partial charge in [-0.25, -0.2) is 0 Å². The van der Waals surface area contributed by atoms with Crippen molar-refractivity contribution >= 4 is 17.5 Å². The molecular weight excluding hydrogens is 358 g/mol. The molecule has 1 aliphatic rings. The molecule has 0 spiro atoms. The molecule has 1 aliphatic heterocycles. The van der Waals surface area contributed by atoms with Gasteiger partial charge in [-0.1, -0.05) is 12.1 Å². The lowest BCUT2D eigenvalue weighted by Crippen LogP contribution is -2.46. The first-order valence-corrected chi connectivity index (χ1v) is 9.68. The zero-order chi connectivity index (χ0) is 20.5. The van der Waals surface area contributed by atoms with Crippen molar-refractivity contribution in [3.05, 3.63) is 29.8 Å². The minimum atomic E-state index is -0.598. The van der Waals surface area contributed by atoms with Crippen molar-refractivity contribution < 1.29 is 14.3 Å². The van der Waals surface area contributed by atoms with Gasteiger partial charge in [0.05, 0.1) is 19.3 Å². The number of anilines is 1. The van der Waals surface area contributed by atoms with Gasteiger partial charge in [0.15, 0.2) is 0 Å². The fraction of sp³-hybridized carbons (Fsp3) is 0.600. The largest absolute Gasteiger partial charge is 0.379 e. The van der Waals surface area contributed by atoms with Crippen LogP contribution in [-0.4, -0.2) is 95.7 Å². The van der Waals surface area contributed by atoms with Crippen LogP contribution in [0, 0.1) is 0 Å². The van der Waals surface area contributed by atoms with Gasteiger partial charge in [0.25, 0.3) is 0 Å². The summed E-state index contributed by atoms with van der Waals surface area (Å²) in [5.74, 6) is -1.19. The normalized spacial score (nSPS) is 15.9. The van der Waals surface area contributed by atoms with Crippen LogP contribution in [-0.2, 0) is 14.3 Å². The number of benzene rings is 1. The van der Waals surface area contributed by atoms with Gasteiger partial charge < -0.3 is 25.2 Å². The van der Waals surface area contributed by atoms with Crippen molar-refractivity contribution in [2.75, 3.05) is 79.0 Å². The summed E-state index contributed by atoms with van der Waals surface area (Å²) >= 11 is 0. The molecule has 1 atom stereocenters. The second-order valence-electron chi connectivity index (χ2n) is 7.39. The summed E-state index contributed by atoms with van der Waals surface area (Å²) in [5.41, 5.74) is 2.20. The number of nitrogens with zero attached hydrogens (tertiary/aromatic N) is 3. The fourth-order valence-corrected chi connectivity index (χ4v) is 3.10. The van der Waals surface area contributed by atoms with Crippen LogP contribution < -0.4 is 15.5 Å². The number of carbonyl (C=O) groups excluding carboxylic acids is 2. The molecular formula is C20H33N5O3. The van der Waals surface area contributed by atoms with E-state index in [1.54, 1.807) is 0 Å². The quantitative estimate of drug-likeness (QED) is 0.604. The third kappa shape index (κ3) is 6.78. The minimum absolute atomic E-state index is 0.0127. The number of hydrogen-bond acceptors (Lipinski definition) is 6. The van der Waals surface area contributed by atoms with Gasteiger partial charge in [-0.15, -0.1) is 0 Å². The molecule has 2 amide bonds. The molecule has 0 bridgehead atoms. The smallest absolute Gasteiger partial charge is 0.309 e. The van der Waals surface area contributed by atoms with Crippen molar-refractivity contribution in [3.8, 4) is 0 Å². The van der Waals surface area contributed by atoms with Crippen LogP contribution >= 0.6 is 0 Å². The molecule has 1 unspecified atom stereocenters. The van der Waals surface area contributed by atoms with Gasteiger partial charge in [0, 0.05) is 52.5 Å². The molecule has 1 saturated heterocycles. The summed E-state index contributed by atoms with van der Waals surface area (Å²) < 4.78 is 5.29. The van der Waals surface area contributed by atoms with Crippen LogP contribution in [0.5, 0.6) is 0 Å². The number of likely N-dealkylation sites (N-methyl/N-ethyl adjacent to an activating group) is 1. The number of morpholine rings is 1. The lowest BCUT2D eigenvalue weighted by Gasteiger charge is -2.26. The van der Waals surface area contributed by atoms with Crippen molar-refractivity contribution in [3.63, 3.8) is 0 Å². The van der Waals surface area contributed by atoms with Gasteiger partial charge in [-0.3, -0.25) is 14.5 Å². The van der Waals surface area contributed by atoms with Crippen LogP contribution in [0.1, 0.15) is 11.6 Å². The summed E-state index contributed by atoms with van der Waals surface area (Å²) in [4.78, 5) is 30.5. The summed E-state index contributed by atoms with van der Waals surface area (Å²) in [7, 11) is 7.91. The highest BCUT2D eigenvalue weighted by Crippen LogP contribution is 2.20. The van der Waals surface area contributed by atoms with E-state index < -0.39 is 11.8 Å². The van der Waals surface area contributed by atoms with E-state index in [0.29, 0.717) is 13.1 Å². The molecule has 1 aromatic rings. The molecule has 0 aliphatic carbocycles. The monoisotopic (exact) mass is 391 g/mol. The number of rotatable bonds is 8. The Bertz CT molecular complexity index is 627. The Kier molecular flexibility index (Phi) is 8.69. The Hall–Kier alpha value is -2.16. The van der Waals surface area contributed by atoms with Crippen LogP contribution in [0.2, 0.25) is 0 Å². The second kappa shape index (κ2) is 11.0. The first-order chi connectivity index (χ1) is 13.4. The van der Waals surface area contributed by atoms with Gasteiger partial charge >= 0.3 is 11.8 Å². The van der Waals surface area contributed by atoms with Crippen LogP contribution in [0.3, 0.4) is 0 Å². The number of amides is 2. The number of hydrogen-bond donors (Lipinski definition) is 2. The third-order valence-corrected chi connectivity index (χ3v) is 4.90.